The number of imide groups is 1. The van der Waals surface area contributed by atoms with Crippen LogP contribution in [-0.2, 0) is 9.59 Å². The molecular weight excluding hydrogens is 326 g/mol. The van der Waals surface area contributed by atoms with E-state index in [4.69, 9.17) is 10.5 Å². The molecule has 0 aromatic heterocycles. The van der Waals surface area contributed by atoms with Crippen molar-refractivity contribution in [1.82, 2.24) is 4.90 Å². The van der Waals surface area contributed by atoms with E-state index >= 15 is 0 Å². The average Bonchev–Trinajstić information content (AvgIpc) is 2.74. The number of hydrogen-bond donors (Lipinski definition) is 1. The molecule has 1 aliphatic heterocycles. The summed E-state index contributed by atoms with van der Waals surface area (Å²) in [6.45, 7) is -0.509. The van der Waals surface area contributed by atoms with Crippen LogP contribution >= 0.6 is 11.8 Å². The molecule has 9 nitrogen and oxygen atoms in total. The van der Waals surface area contributed by atoms with Gasteiger partial charge in [-0.25, -0.2) is 0 Å². The first-order valence-electron chi connectivity index (χ1n) is 6.19. The van der Waals surface area contributed by atoms with Gasteiger partial charge in [0.25, 0.3) is 11.1 Å². The molecule has 0 unspecified atom stereocenters. The van der Waals surface area contributed by atoms with Crippen LogP contribution in [-0.4, -0.2) is 40.5 Å². The van der Waals surface area contributed by atoms with Gasteiger partial charge in [-0.2, -0.15) is 0 Å². The van der Waals surface area contributed by atoms with Crippen molar-refractivity contribution in [2.75, 3.05) is 13.7 Å². The highest BCUT2D eigenvalue weighted by atomic mass is 32.2. The number of rotatable bonds is 5. The van der Waals surface area contributed by atoms with Gasteiger partial charge in [-0.3, -0.25) is 29.4 Å². The molecule has 10 heteroatoms. The Morgan fingerprint density at radius 3 is 2.74 bits per heavy atom. The van der Waals surface area contributed by atoms with E-state index in [9.17, 15) is 24.5 Å². The van der Waals surface area contributed by atoms with Gasteiger partial charge in [-0.05, 0) is 29.5 Å². The van der Waals surface area contributed by atoms with Crippen LogP contribution in [0.2, 0.25) is 0 Å². The molecule has 0 saturated carbocycles. The fraction of sp³-hybridized carbons (Fsp3) is 0.154. The maximum atomic E-state index is 12.0. The first-order chi connectivity index (χ1) is 10.8. The maximum Gasteiger partial charge on any atom is 0.311 e. The second-order valence-electron chi connectivity index (χ2n) is 4.42. The molecule has 0 spiro atoms. The molecule has 1 aromatic rings. The minimum absolute atomic E-state index is 0.0516. The Hall–Kier alpha value is -2.88. The number of thioether (sulfide) groups is 1. The largest absolute Gasteiger partial charge is 0.490 e. The molecule has 1 saturated heterocycles. The van der Waals surface area contributed by atoms with Gasteiger partial charge in [0.1, 0.15) is 6.54 Å². The van der Waals surface area contributed by atoms with E-state index in [0.29, 0.717) is 17.3 Å². The molecule has 1 fully saturated rings. The Labute approximate surface area is 134 Å². The fourth-order valence-electron chi connectivity index (χ4n) is 1.88. The highest BCUT2D eigenvalue weighted by molar-refractivity contribution is 8.18. The number of nitrogens with two attached hydrogens (primary N) is 1. The summed E-state index contributed by atoms with van der Waals surface area (Å²) >= 11 is 0.632. The van der Waals surface area contributed by atoms with Crippen LogP contribution in [0.4, 0.5) is 10.5 Å². The lowest BCUT2D eigenvalue weighted by atomic mass is 10.1. The molecule has 0 radical (unpaired) electrons. The van der Waals surface area contributed by atoms with Crippen molar-refractivity contribution < 1.29 is 24.0 Å². The predicted octanol–water partition coefficient (Wildman–Crippen LogP) is 1.12. The van der Waals surface area contributed by atoms with E-state index in [1.807, 2.05) is 0 Å². The summed E-state index contributed by atoms with van der Waals surface area (Å²) in [6.07, 6.45) is 1.33. The molecule has 2 N–H and O–H groups in total. The molecule has 2 rings (SSSR count). The van der Waals surface area contributed by atoms with Gasteiger partial charge in [0.05, 0.1) is 16.9 Å². The van der Waals surface area contributed by atoms with Gasteiger partial charge < -0.3 is 10.5 Å². The Morgan fingerprint density at radius 1 is 1.48 bits per heavy atom. The SMILES string of the molecule is COc1ccc(/C=C2\SC(=O)N(CC(N)=O)C2=O)cc1[N+](=O)[O-]. The van der Waals surface area contributed by atoms with Crippen LogP contribution in [0, 0.1) is 10.1 Å². The van der Waals surface area contributed by atoms with Crippen LogP contribution in [0.1, 0.15) is 5.56 Å². The summed E-state index contributed by atoms with van der Waals surface area (Å²) in [5, 5.41) is 10.4. The second-order valence-corrected chi connectivity index (χ2v) is 5.42. The standard InChI is InChI=1S/C13H11N3O6S/c1-22-9-3-2-7(4-8(9)16(20)21)5-10-12(18)15(6-11(14)17)13(19)23-10/h2-5H,6H2,1H3,(H2,14,17)/b10-5-. The monoisotopic (exact) mass is 337 g/mol. The lowest BCUT2D eigenvalue weighted by Crippen LogP contribution is -2.36. The van der Waals surface area contributed by atoms with Crippen molar-refractivity contribution in [1.29, 1.82) is 0 Å². The highest BCUT2D eigenvalue weighted by Crippen LogP contribution is 2.34. The first-order valence-corrected chi connectivity index (χ1v) is 7.01. The smallest absolute Gasteiger partial charge is 0.311 e. The molecule has 0 atom stereocenters. The second kappa shape index (κ2) is 6.48. The molecule has 3 amide bonds. The Kier molecular flexibility index (Phi) is 4.65. The lowest BCUT2D eigenvalue weighted by Gasteiger charge is -2.08. The topological polar surface area (TPSA) is 133 Å². The van der Waals surface area contributed by atoms with Gasteiger partial charge in [0.15, 0.2) is 5.75 Å². The zero-order valence-corrected chi connectivity index (χ0v) is 12.7. The molecule has 0 bridgehead atoms. The molecule has 1 aromatic carbocycles. The molecule has 1 aliphatic rings. The predicted molar refractivity (Wildman–Crippen MR) is 81.5 cm³/mol. The number of carbonyl (C=O) groups is 3. The summed E-state index contributed by atoms with van der Waals surface area (Å²) in [5.41, 5.74) is 5.06. The van der Waals surface area contributed by atoms with E-state index in [1.165, 1.54) is 31.4 Å². The third-order valence-electron chi connectivity index (χ3n) is 2.88. The van der Waals surface area contributed by atoms with Crippen molar-refractivity contribution >= 4 is 40.6 Å². The van der Waals surface area contributed by atoms with Gasteiger partial charge in [-0.15, -0.1) is 0 Å². The minimum Gasteiger partial charge on any atom is -0.490 e. The van der Waals surface area contributed by atoms with E-state index in [2.05, 4.69) is 0 Å². The number of primary amides is 1. The van der Waals surface area contributed by atoms with Crippen LogP contribution < -0.4 is 10.5 Å². The number of ether oxygens (including phenoxy) is 1. The van der Waals surface area contributed by atoms with E-state index in [1.54, 1.807) is 0 Å². The third kappa shape index (κ3) is 3.48. The molecular formula is C13H11N3O6S. The Morgan fingerprint density at radius 2 is 2.17 bits per heavy atom. The summed E-state index contributed by atoms with van der Waals surface area (Å²) in [5.74, 6) is -1.40. The third-order valence-corrected chi connectivity index (χ3v) is 3.79. The zero-order chi connectivity index (χ0) is 17.1. The van der Waals surface area contributed by atoms with Crippen molar-refractivity contribution in [3.63, 3.8) is 0 Å². The first kappa shape index (κ1) is 16.5. The summed E-state index contributed by atoms with van der Waals surface area (Å²) in [7, 11) is 1.30. The Balaban J connectivity index is 2.34. The van der Waals surface area contributed by atoms with Crippen molar-refractivity contribution in [2.45, 2.75) is 0 Å². The van der Waals surface area contributed by atoms with E-state index < -0.39 is 28.5 Å². The van der Waals surface area contributed by atoms with Crippen molar-refractivity contribution in [2.24, 2.45) is 5.73 Å². The van der Waals surface area contributed by atoms with Crippen molar-refractivity contribution in [3.8, 4) is 5.75 Å². The van der Waals surface area contributed by atoms with Gasteiger partial charge in [-0.1, -0.05) is 6.07 Å². The molecule has 23 heavy (non-hydrogen) atoms. The Bertz CT molecular complexity index is 745. The highest BCUT2D eigenvalue weighted by Gasteiger charge is 2.35. The summed E-state index contributed by atoms with van der Waals surface area (Å²) < 4.78 is 4.88. The number of amides is 3. The van der Waals surface area contributed by atoms with Crippen LogP contribution in [0.25, 0.3) is 6.08 Å². The quantitative estimate of drug-likeness (QED) is 0.483. The van der Waals surface area contributed by atoms with Crippen LogP contribution in [0.15, 0.2) is 23.1 Å². The minimum atomic E-state index is -0.811. The average molecular weight is 337 g/mol. The maximum absolute atomic E-state index is 12.0. The number of nitrogens with zero attached hydrogens (tertiary/aromatic N) is 2. The van der Waals surface area contributed by atoms with E-state index in [-0.39, 0.29) is 16.3 Å². The van der Waals surface area contributed by atoms with Crippen LogP contribution in [0.5, 0.6) is 5.75 Å². The van der Waals surface area contributed by atoms with E-state index in [0.717, 1.165) is 4.90 Å². The number of carbonyl (C=O) groups excluding carboxylic acids is 3. The van der Waals surface area contributed by atoms with Gasteiger partial charge in [0.2, 0.25) is 5.91 Å². The fourth-order valence-corrected chi connectivity index (χ4v) is 2.72. The summed E-state index contributed by atoms with van der Waals surface area (Å²) in [4.78, 5) is 45.7. The number of benzene rings is 1. The number of nitro groups is 1. The van der Waals surface area contributed by atoms with Crippen LogP contribution in [0.3, 0.4) is 0 Å². The normalized spacial score (nSPS) is 16.0. The molecule has 120 valence electrons. The van der Waals surface area contributed by atoms with Crippen molar-refractivity contribution in [3.05, 3.63) is 38.8 Å². The molecule has 1 heterocycles. The van der Waals surface area contributed by atoms with Gasteiger partial charge in [0, 0.05) is 6.07 Å². The summed E-state index contributed by atoms with van der Waals surface area (Å²) in [6, 6.07) is 4.12. The number of nitro benzene ring substituents is 1. The zero-order valence-electron chi connectivity index (χ0n) is 11.8. The lowest BCUT2D eigenvalue weighted by molar-refractivity contribution is -0.385. The van der Waals surface area contributed by atoms with Gasteiger partial charge >= 0.3 is 5.69 Å². The number of hydrogen-bond acceptors (Lipinski definition) is 7. The molecule has 0 aliphatic carbocycles. The number of methoxy groups -OCH3 is 1.